The van der Waals surface area contributed by atoms with E-state index in [-0.39, 0.29) is 12.0 Å². The summed E-state index contributed by atoms with van der Waals surface area (Å²) in [7, 11) is 0. The van der Waals surface area contributed by atoms with E-state index in [9.17, 15) is 9.90 Å². The first-order chi connectivity index (χ1) is 9.06. The van der Waals surface area contributed by atoms with Crippen molar-refractivity contribution in [1.82, 2.24) is 9.80 Å². The van der Waals surface area contributed by atoms with Crippen LogP contribution < -0.4 is 0 Å². The van der Waals surface area contributed by atoms with E-state index in [2.05, 4.69) is 11.8 Å². The highest BCUT2D eigenvalue weighted by molar-refractivity contribution is 5.78. The molecule has 0 spiro atoms. The lowest BCUT2D eigenvalue weighted by atomic mass is 9.93. The topological polar surface area (TPSA) is 43.8 Å². The van der Waals surface area contributed by atoms with Crippen molar-refractivity contribution in [2.45, 2.75) is 45.6 Å². The van der Waals surface area contributed by atoms with Gasteiger partial charge in [0.2, 0.25) is 5.91 Å². The Labute approximate surface area is 116 Å². The molecule has 2 saturated heterocycles. The van der Waals surface area contributed by atoms with Crippen molar-refractivity contribution in [3.05, 3.63) is 0 Å². The summed E-state index contributed by atoms with van der Waals surface area (Å²) in [6.45, 7) is 8.34. The lowest BCUT2D eigenvalue weighted by Crippen LogP contribution is -2.48. The molecule has 0 aliphatic carbocycles. The van der Waals surface area contributed by atoms with Gasteiger partial charge >= 0.3 is 0 Å². The largest absolute Gasteiger partial charge is 0.393 e. The van der Waals surface area contributed by atoms with E-state index in [4.69, 9.17) is 0 Å². The smallest absolute Gasteiger partial charge is 0.236 e. The molecule has 2 heterocycles. The average molecular weight is 268 g/mol. The van der Waals surface area contributed by atoms with Crippen LogP contribution in [0.4, 0.5) is 0 Å². The minimum atomic E-state index is -0.257. The number of aliphatic hydroxyl groups is 1. The van der Waals surface area contributed by atoms with E-state index >= 15 is 0 Å². The lowest BCUT2D eigenvalue weighted by molar-refractivity contribution is -0.134. The van der Waals surface area contributed by atoms with Crippen LogP contribution in [0, 0.1) is 11.8 Å². The molecule has 0 bridgehead atoms. The fourth-order valence-corrected chi connectivity index (χ4v) is 3.34. The predicted octanol–water partition coefficient (Wildman–Crippen LogP) is 1.34. The Hall–Kier alpha value is -0.610. The van der Waals surface area contributed by atoms with Crippen molar-refractivity contribution in [3.8, 4) is 0 Å². The number of carbonyl (C=O) groups is 1. The molecule has 110 valence electrons. The van der Waals surface area contributed by atoms with Gasteiger partial charge in [-0.25, -0.2) is 0 Å². The zero-order valence-electron chi connectivity index (χ0n) is 12.3. The molecule has 0 aromatic carbocycles. The highest BCUT2D eigenvalue weighted by atomic mass is 16.3. The maximum absolute atomic E-state index is 12.3. The number of piperidine rings is 2. The van der Waals surface area contributed by atoms with Crippen LogP contribution in [0.5, 0.6) is 0 Å². The molecule has 1 amide bonds. The maximum atomic E-state index is 12.3. The van der Waals surface area contributed by atoms with E-state index in [0.29, 0.717) is 18.4 Å². The number of carbonyl (C=O) groups excluding carboxylic acids is 1. The summed E-state index contributed by atoms with van der Waals surface area (Å²) in [6, 6.07) is 0. The third-order valence-electron chi connectivity index (χ3n) is 4.59. The van der Waals surface area contributed by atoms with Gasteiger partial charge in [-0.15, -0.1) is 0 Å². The van der Waals surface area contributed by atoms with E-state index in [1.165, 1.54) is 6.42 Å². The van der Waals surface area contributed by atoms with Crippen molar-refractivity contribution in [1.29, 1.82) is 0 Å². The van der Waals surface area contributed by atoms with Crippen LogP contribution >= 0.6 is 0 Å². The summed E-state index contributed by atoms with van der Waals surface area (Å²) in [6.07, 6.45) is 4.32. The van der Waals surface area contributed by atoms with Gasteiger partial charge in [0.1, 0.15) is 0 Å². The van der Waals surface area contributed by atoms with Crippen LogP contribution in [-0.4, -0.2) is 59.6 Å². The van der Waals surface area contributed by atoms with Gasteiger partial charge in [-0.05, 0) is 51.0 Å². The number of amides is 1. The van der Waals surface area contributed by atoms with Crippen LogP contribution in [-0.2, 0) is 4.79 Å². The Morgan fingerprint density at radius 1 is 1.26 bits per heavy atom. The van der Waals surface area contributed by atoms with Gasteiger partial charge in [0.15, 0.2) is 0 Å². The number of aliphatic hydroxyl groups excluding tert-OH is 1. The van der Waals surface area contributed by atoms with Crippen LogP contribution in [0.15, 0.2) is 0 Å². The van der Waals surface area contributed by atoms with Crippen LogP contribution in [0.3, 0.4) is 0 Å². The Kier molecular flexibility index (Phi) is 5.22. The zero-order chi connectivity index (χ0) is 13.8. The number of likely N-dealkylation sites (tertiary alicyclic amines) is 2. The van der Waals surface area contributed by atoms with Gasteiger partial charge in [0.25, 0.3) is 0 Å². The maximum Gasteiger partial charge on any atom is 0.236 e. The fourth-order valence-electron chi connectivity index (χ4n) is 3.34. The molecule has 1 N–H and O–H groups in total. The van der Waals surface area contributed by atoms with Crippen molar-refractivity contribution >= 4 is 5.91 Å². The molecule has 19 heavy (non-hydrogen) atoms. The highest BCUT2D eigenvalue weighted by Crippen LogP contribution is 2.20. The quantitative estimate of drug-likeness (QED) is 0.840. The first kappa shape index (κ1) is 14.8. The summed E-state index contributed by atoms with van der Waals surface area (Å²) in [4.78, 5) is 16.6. The minimum absolute atomic E-state index is 0.257. The van der Waals surface area contributed by atoms with E-state index in [1.807, 2.05) is 11.8 Å². The predicted molar refractivity (Wildman–Crippen MR) is 75.8 cm³/mol. The normalized spacial score (nSPS) is 31.2. The van der Waals surface area contributed by atoms with E-state index in [1.54, 1.807) is 0 Å². The third-order valence-corrected chi connectivity index (χ3v) is 4.59. The second kappa shape index (κ2) is 6.71. The molecule has 2 aliphatic rings. The molecule has 0 aromatic heterocycles. The molecular formula is C15H28N2O2. The SMILES string of the molecule is CC1CCCN(C(=O)CN2CCCC(C(C)O)C2)C1. The van der Waals surface area contributed by atoms with Gasteiger partial charge in [0, 0.05) is 19.6 Å². The van der Waals surface area contributed by atoms with E-state index < -0.39 is 0 Å². The number of hydrogen-bond acceptors (Lipinski definition) is 3. The Balaban J connectivity index is 1.81. The van der Waals surface area contributed by atoms with Crippen LogP contribution in [0.2, 0.25) is 0 Å². The molecule has 3 unspecified atom stereocenters. The molecule has 2 rings (SSSR count). The summed E-state index contributed by atoms with van der Waals surface area (Å²) in [5.41, 5.74) is 0. The monoisotopic (exact) mass is 268 g/mol. The average Bonchev–Trinajstić information content (AvgIpc) is 2.39. The molecular weight excluding hydrogens is 240 g/mol. The minimum Gasteiger partial charge on any atom is -0.393 e. The number of rotatable bonds is 3. The Morgan fingerprint density at radius 2 is 2.00 bits per heavy atom. The number of nitrogens with zero attached hydrogens (tertiary/aromatic N) is 2. The number of hydrogen-bond donors (Lipinski definition) is 1. The first-order valence-corrected chi connectivity index (χ1v) is 7.74. The van der Waals surface area contributed by atoms with Crippen LogP contribution in [0.1, 0.15) is 39.5 Å². The second-order valence-corrected chi connectivity index (χ2v) is 6.47. The van der Waals surface area contributed by atoms with Gasteiger partial charge < -0.3 is 10.0 Å². The Morgan fingerprint density at radius 3 is 2.68 bits per heavy atom. The first-order valence-electron chi connectivity index (χ1n) is 7.74. The summed E-state index contributed by atoms with van der Waals surface area (Å²) in [5.74, 6) is 1.25. The standard InChI is InChI=1S/C15H28N2O2/c1-12-5-3-8-17(9-12)15(19)11-16-7-4-6-14(10-16)13(2)18/h12-14,18H,3-11H2,1-2H3. The van der Waals surface area contributed by atoms with E-state index in [0.717, 1.165) is 45.4 Å². The summed E-state index contributed by atoms with van der Waals surface area (Å²) < 4.78 is 0. The summed E-state index contributed by atoms with van der Waals surface area (Å²) in [5, 5.41) is 9.69. The zero-order valence-corrected chi connectivity index (χ0v) is 12.3. The Bertz CT molecular complexity index is 307. The van der Waals surface area contributed by atoms with Gasteiger partial charge in [-0.1, -0.05) is 6.92 Å². The molecule has 4 heteroatoms. The van der Waals surface area contributed by atoms with Crippen molar-refractivity contribution in [3.63, 3.8) is 0 Å². The van der Waals surface area contributed by atoms with Crippen molar-refractivity contribution in [2.24, 2.45) is 11.8 Å². The molecule has 0 aromatic rings. The van der Waals surface area contributed by atoms with Gasteiger partial charge in [-0.3, -0.25) is 9.69 Å². The highest BCUT2D eigenvalue weighted by Gasteiger charge is 2.27. The van der Waals surface area contributed by atoms with Crippen LogP contribution in [0.25, 0.3) is 0 Å². The summed E-state index contributed by atoms with van der Waals surface area (Å²) >= 11 is 0. The molecule has 3 atom stereocenters. The van der Waals surface area contributed by atoms with Crippen molar-refractivity contribution in [2.75, 3.05) is 32.7 Å². The molecule has 0 saturated carbocycles. The molecule has 4 nitrogen and oxygen atoms in total. The fraction of sp³-hybridized carbons (Fsp3) is 0.933. The molecule has 0 radical (unpaired) electrons. The van der Waals surface area contributed by atoms with Crippen molar-refractivity contribution < 1.29 is 9.90 Å². The molecule has 2 aliphatic heterocycles. The van der Waals surface area contributed by atoms with Gasteiger partial charge in [0.05, 0.1) is 12.6 Å². The third kappa shape index (κ3) is 4.18. The lowest BCUT2D eigenvalue weighted by Gasteiger charge is -2.36. The molecule has 2 fully saturated rings. The second-order valence-electron chi connectivity index (χ2n) is 6.47. The van der Waals surface area contributed by atoms with Gasteiger partial charge in [-0.2, -0.15) is 0 Å².